The van der Waals surface area contributed by atoms with E-state index < -0.39 is 0 Å². The van der Waals surface area contributed by atoms with Crippen molar-refractivity contribution in [1.82, 2.24) is 10.1 Å². The van der Waals surface area contributed by atoms with Gasteiger partial charge < -0.3 is 19.2 Å². The van der Waals surface area contributed by atoms with Gasteiger partial charge in [-0.05, 0) is 36.8 Å². The molecule has 1 aliphatic heterocycles. The van der Waals surface area contributed by atoms with E-state index in [9.17, 15) is 9.59 Å². The summed E-state index contributed by atoms with van der Waals surface area (Å²) in [6.07, 6.45) is 3.49. The lowest BCUT2D eigenvalue weighted by Crippen LogP contribution is -2.23. The van der Waals surface area contributed by atoms with E-state index in [0.29, 0.717) is 42.5 Å². The molecule has 3 aromatic rings. The molecule has 2 aromatic heterocycles. The molecular weight excluding hydrogens is 348 g/mol. The topological polar surface area (TPSA) is 101 Å². The smallest absolute Gasteiger partial charge is 0.238 e. The highest BCUT2D eigenvalue weighted by molar-refractivity contribution is 5.97. The average molecular weight is 366 g/mol. The molecule has 1 aromatic carbocycles. The van der Waals surface area contributed by atoms with Gasteiger partial charge in [0.25, 0.3) is 0 Å². The Morgan fingerprint density at radius 2 is 2.19 bits per heavy atom. The van der Waals surface area contributed by atoms with Gasteiger partial charge in [-0.1, -0.05) is 11.2 Å². The van der Waals surface area contributed by atoms with Gasteiger partial charge in [-0.3, -0.25) is 9.59 Å². The summed E-state index contributed by atoms with van der Waals surface area (Å²) in [6.45, 7) is 0.714. The average Bonchev–Trinajstić information content (AvgIpc) is 3.41. The van der Waals surface area contributed by atoms with E-state index in [0.717, 1.165) is 12.1 Å². The number of rotatable bonds is 6. The van der Waals surface area contributed by atoms with Crippen molar-refractivity contribution in [2.75, 3.05) is 16.8 Å². The predicted molar refractivity (Wildman–Crippen MR) is 97.0 cm³/mol. The fraction of sp³-hybridized carbons (Fsp3) is 0.263. The Morgan fingerprint density at radius 1 is 1.26 bits per heavy atom. The number of nitrogens with zero attached hydrogens (tertiary/aromatic N) is 3. The highest BCUT2D eigenvalue weighted by atomic mass is 16.5. The summed E-state index contributed by atoms with van der Waals surface area (Å²) in [5, 5.41) is 6.67. The Bertz CT molecular complexity index is 948. The molecule has 138 valence electrons. The van der Waals surface area contributed by atoms with Gasteiger partial charge >= 0.3 is 0 Å². The monoisotopic (exact) mass is 366 g/mol. The van der Waals surface area contributed by atoms with Crippen LogP contribution in [-0.4, -0.2) is 28.5 Å². The third-order valence-corrected chi connectivity index (χ3v) is 4.29. The number of aromatic nitrogens is 2. The molecule has 1 saturated heterocycles. The maximum Gasteiger partial charge on any atom is 0.238 e. The summed E-state index contributed by atoms with van der Waals surface area (Å²) < 4.78 is 10.3. The zero-order chi connectivity index (χ0) is 18.6. The second-order valence-electron chi connectivity index (χ2n) is 6.24. The zero-order valence-corrected chi connectivity index (χ0v) is 14.6. The third-order valence-electron chi connectivity index (χ3n) is 4.29. The van der Waals surface area contributed by atoms with Crippen molar-refractivity contribution in [2.24, 2.45) is 0 Å². The van der Waals surface area contributed by atoms with Crippen LogP contribution in [0.5, 0.6) is 0 Å². The number of hydrogen-bond donors (Lipinski definition) is 1. The summed E-state index contributed by atoms with van der Waals surface area (Å²) in [6, 6.07) is 10.8. The fourth-order valence-corrected chi connectivity index (χ4v) is 2.98. The highest BCUT2D eigenvalue weighted by Crippen LogP contribution is 2.24. The van der Waals surface area contributed by atoms with Gasteiger partial charge in [-0.15, -0.1) is 0 Å². The van der Waals surface area contributed by atoms with Crippen LogP contribution in [0.4, 0.5) is 11.4 Å². The Kier molecular flexibility index (Phi) is 4.69. The van der Waals surface area contributed by atoms with Crippen LogP contribution in [0, 0.1) is 0 Å². The Morgan fingerprint density at radius 3 is 2.96 bits per heavy atom. The lowest BCUT2D eigenvalue weighted by molar-refractivity contribution is -0.117. The first-order valence-electron chi connectivity index (χ1n) is 8.76. The number of nitrogens with one attached hydrogen (secondary N) is 1. The van der Waals surface area contributed by atoms with Crippen molar-refractivity contribution in [1.29, 1.82) is 0 Å². The Hall–Kier alpha value is -3.42. The minimum absolute atomic E-state index is 0.113. The maximum atomic E-state index is 12.2. The van der Waals surface area contributed by atoms with E-state index in [2.05, 4.69) is 15.5 Å². The van der Waals surface area contributed by atoms with E-state index in [-0.39, 0.29) is 18.2 Å². The lowest BCUT2D eigenvalue weighted by atomic mass is 10.2. The molecular formula is C19H18N4O4. The van der Waals surface area contributed by atoms with Crippen LogP contribution >= 0.6 is 0 Å². The molecule has 0 unspecified atom stereocenters. The summed E-state index contributed by atoms with van der Waals surface area (Å²) in [7, 11) is 0. The van der Waals surface area contributed by atoms with Gasteiger partial charge in [0.05, 0.1) is 6.26 Å². The molecule has 1 aliphatic rings. The van der Waals surface area contributed by atoms with Gasteiger partial charge in [0, 0.05) is 37.2 Å². The molecule has 27 heavy (non-hydrogen) atoms. The third kappa shape index (κ3) is 3.89. The van der Waals surface area contributed by atoms with Crippen LogP contribution in [-0.2, 0) is 16.0 Å². The second-order valence-corrected chi connectivity index (χ2v) is 6.24. The van der Waals surface area contributed by atoms with Crippen molar-refractivity contribution in [2.45, 2.75) is 25.7 Å². The summed E-state index contributed by atoms with van der Waals surface area (Å²) >= 11 is 0. The molecule has 8 heteroatoms. The minimum Gasteiger partial charge on any atom is -0.461 e. The van der Waals surface area contributed by atoms with Gasteiger partial charge in [-0.25, -0.2) is 0 Å². The fourth-order valence-electron chi connectivity index (χ4n) is 2.98. The molecule has 0 atom stereocenters. The van der Waals surface area contributed by atoms with Crippen molar-refractivity contribution >= 4 is 23.2 Å². The molecule has 3 heterocycles. The molecule has 0 aliphatic carbocycles. The van der Waals surface area contributed by atoms with Gasteiger partial charge in [-0.2, -0.15) is 4.98 Å². The standard InChI is InChI=1S/C19H18N4O4/c24-16(8-9-17-21-19(22-27-17)15-6-3-11-26-15)20-13-4-1-5-14(12-13)23-10-2-7-18(23)25/h1,3-6,11-12H,2,7-10H2,(H,20,24). The molecule has 8 nitrogen and oxygen atoms in total. The second kappa shape index (κ2) is 7.45. The first-order chi connectivity index (χ1) is 13.2. The number of hydrogen-bond acceptors (Lipinski definition) is 6. The lowest BCUT2D eigenvalue weighted by Gasteiger charge is -2.16. The molecule has 0 spiro atoms. The van der Waals surface area contributed by atoms with Crippen LogP contribution in [0.25, 0.3) is 11.6 Å². The van der Waals surface area contributed by atoms with E-state index in [1.54, 1.807) is 23.1 Å². The van der Waals surface area contributed by atoms with Crippen LogP contribution in [0.3, 0.4) is 0 Å². The number of furan rings is 1. The summed E-state index contributed by atoms with van der Waals surface area (Å²) in [5.41, 5.74) is 1.45. The molecule has 0 saturated carbocycles. The quantitative estimate of drug-likeness (QED) is 0.719. The van der Waals surface area contributed by atoms with E-state index in [4.69, 9.17) is 8.94 Å². The number of amides is 2. The van der Waals surface area contributed by atoms with Crippen LogP contribution < -0.4 is 10.2 Å². The maximum absolute atomic E-state index is 12.2. The zero-order valence-electron chi connectivity index (χ0n) is 14.6. The normalized spacial score (nSPS) is 13.9. The molecule has 2 amide bonds. The summed E-state index contributed by atoms with van der Waals surface area (Å²) in [5.74, 6) is 1.19. The van der Waals surface area contributed by atoms with E-state index in [1.807, 2.05) is 18.2 Å². The Balaban J connectivity index is 1.34. The molecule has 0 radical (unpaired) electrons. The largest absolute Gasteiger partial charge is 0.461 e. The van der Waals surface area contributed by atoms with Crippen molar-refractivity contribution < 1.29 is 18.5 Å². The molecule has 1 fully saturated rings. The molecule has 0 bridgehead atoms. The number of carbonyl (C=O) groups excluding carboxylic acids is 2. The summed E-state index contributed by atoms with van der Waals surface area (Å²) in [4.78, 5) is 30.0. The van der Waals surface area contributed by atoms with Crippen LogP contribution in [0.2, 0.25) is 0 Å². The van der Waals surface area contributed by atoms with Crippen LogP contribution in [0.1, 0.15) is 25.2 Å². The first-order valence-corrected chi connectivity index (χ1v) is 8.76. The van der Waals surface area contributed by atoms with E-state index >= 15 is 0 Å². The van der Waals surface area contributed by atoms with Crippen molar-refractivity contribution in [3.05, 3.63) is 48.6 Å². The molecule has 1 N–H and O–H groups in total. The Labute approximate surface area is 155 Å². The molecule has 4 rings (SSSR count). The minimum atomic E-state index is -0.169. The first kappa shape index (κ1) is 17.0. The highest BCUT2D eigenvalue weighted by Gasteiger charge is 2.21. The SMILES string of the molecule is O=C(CCc1nc(-c2ccco2)no1)Nc1cccc(N2CCCC2=O)c1. The number of benzene rings is 1. The van der Waals surface area contributed by atoms with Crippen LogP contribution in [0.15, 0.2) is 51.6 Å². The number of anilines is 2. The predicted octanol–water partition coefficient (Wildman–Crippen LogP) is 3.03. The van der Waals surface area contributed by atoms with Gasteiger partial charge in [0.1, 0.15) is 0 Å². The van der Waals surface area contributed by atoms with Gasteiger partial charge in [0.15, 0.2) is 5.76 Å². The number of aryl methyl sites for hydroxylation is 1. The van der Waals surface area contributed by atoms with Crippen molar-refractivity contribution in [3.63, 3.8) is 0 Å². The number of carbonyl (C=O) groups is 2. The van der Waals surface area contributed by atoms with Crippen molar-refractivity contribution in [3.8, 4) is 11.6 Å². The van der Waals surface area contributed by atoms with E-state index in [1.165, 1.54) is 6.26 Å². The van der Waals surface area contributed by atoms with Gasteiger partial charge in [0.2, 0.25) is 23.5 Å².